The van der Waals surface area contributed by atoms with Gasteiger partial charge in [0, 0.05) is 0 Å². The molecule has 2 aliphatic rings. The van der Waals surface area contributed by atoms with Gasteiger partial charge in [-0.3, -0.25) is 0 Å². The predicted octanol–water partition coefficient (Wildman–Crippen LogP) is 5.36. The minimum absolute atomic E-state index is 0.125. The van der Waals surface area contributed by atoms with Gasteiger partial charge in [0.05, 0.1) is 5.56 Å². The van der Waals surface area contributed by atoms with Crippen molar-refractivity contribution in [3.63, 3.8) is 0 Å². The van der Waals surface area contributed by atoms with Crippen LogP contribution in [0.25, 0.3) is 10.8 Å². The van der Waals surface area contributed by atoms with Crippen LogP contribution in [0.3, 0.4) is 0 Å². The standard InChI is InChI=1S/C21H24O2/c22-21(19-13-5-9-15-7-1-3-11-17(15)19)23-20-14-6-10-16-8-2-4-12-18(16)20/h1,3,5,7,9,11,13,16,18,20H,2,4,6,8,10,12,14H2. The Labute approximate surface area is 137 Å². The quantitative estimate of drug-likeness (QED) is 0.698. The second kappa shape index (κ2) is 6.35. The average molecular weight is 308 g/mol. The van der Waals surface area contributed by atoms with Crippen molar-refractivity contribution < 1.29 is 9.53 Å². The first-order chi connectivity index (χ1) is 11.3. The van der Waals surface area contributed by atoms with Crippen LogP contribution < -0.4 is 0 Å². The monoisotopic (exact) mass is 308 g/mol. The topological polar surface area (TPSA) is 26.3 Å². The number of rotatable bonds is 2. The number of carbonyl (C=O) groups excluding carboxylic acids is 1. The average Bonchev–Trinajstić information content (AvgIpc) is 2.61. The minimum atomic E-state index is -0.141. The first kappa shape index (κ1) is 14.7. The van der Waals surface area contributed by atoms with E-state index in [0.717, 1.165) is 23.1 Å². The molecule has 0 aromatic heterocycles. The fourth-order valence-corrected chi connectivity index (χ4v) is 4.63. The smallest absolute Gasteiger partial charge is 0.339 e. The molecule has 0 bridgehead atoms. The van der Waals surface area contributed by atoms with Crippen LogP contribution in [0.4, 0.5) is 0 Å². The SMILES string of the molecule is O=C(OC1CCCC2CCCCC21)c1cccc2ccccc12. The normalized spacial score (nSPS) is 27.4. The van der Waals surface area contributed by atoms with Crippen molar-refractivity contribution in [2.45, 2.75) is 51.0 Å². The number of fused-ring (bicyclic) bond motifs is 2. The molecule has 2 nitrogen and oxygen atoms in total. The molecule has 0 saturated heterocycles. The lowest BCUT2D eigenvalue weighted by molar-refractivity contribution is -0.0247. The summed E-state index contributed by atoms with van der Waals surface area (Å²) in [5, 5.41) is 2.09. The highest BCUT2D eigenvalue weighted by molar-refractivity contribution is 6.04. The van der Waals surface area contributed by atoms with Gasteiger partial charge in [-0.25, -0.2) is 4.79 Å². The van der Waals surface area contributed by atoms with Crippen molar-refractivity contribution in [3.05, 3.63) is 48.0 Å². The molecular weight excluding hydrogens is 284 g/mol. The molecule has 0 spiro atoms. The maximum atomic E-state index is 12.8. The van der Waals surface area contributed by atoms with E-state index in [1.807, 2.05) is 42.5 Å². The molecular formula is C21H24O2. The van der Waals surface area contributed by atoms with Gasteiger partial charge in [-0.1, -0.05) is 55.7 Å². The van der Waals surface area contributed by atoms with Crippen molar-refractivity contribution in [1.29, 1.82) is 0 Å². The third kappa shape index (κ3) is 2.87. The minimum Gasteiger partial charge on any atom is -0.458 e. The Morgan fingerprint density at radius 3 is 2.61 bits per heavy atom. The van der Waals surface area contributed by atoms with E-state index < -0.39 is 0 Å². The lowest BCUT2D eigenvalue weighted by atomic mass is 9.69. The van der Waals surface area contributed by atoms with Crippen LogP contribution >= 0.6 is 0 Å². The van der Waals surface area contributed by atoms with Gasteiger partial charge < -0.3 is 4.74 Å². The van der Waals surface area contributed by atoms with E-state index in [1.54, 1.807) is 0 Å². The number of carbonyl (C=O) groups is 1. The number of esters is 1. The van der Waals surface area contributed by atoms with Gasteiger partial charge in [0.25, 0.3) is 0 Å². The highest BCUT2D eigenvalue weighted by atomic mass is 16.5. The molecule has 0 radical (unpaired) electrons. The first-order valence-electron chi connectivity index (χ1n) is 9.01. The van der Waals surface area contributed by atoms with Gasteiger partial charge in [0.2, 0.25) is 0 Å². The Bertz CT molecular complexity index is 699. The molecule has 0 N–H and O–H groups in total. The van der Waals surface area contributed by atoms with E-state index in [-0.39, 0.29) is 12.1 Å². The fraction of sp³-hybridized carbons (Fsp3) is 0.476. The van der Waals surface area contributed by atoms with E-state index in [4.69, 9.17) is 4.74 Å². The highest BCUT2D eigenvalue weighted by Crippen LogP contribution is 2.42. The summed E-state index contributed by atoms with van der Waals surface area (Å²) in [6, 6.07) is 13.9. The van der Waals surface area contributed by atoms with Crippen LogP contribution in [-0.4, -0.2) is 12.1 Å². The molecule has 0 amide bonds. The number of ether oxygens (including phenoxy) is 1. The zero-order chi connectivity index (χ0) is 15.6. The van der Waals surface area contributed by atoms with Crippen molar-refractivity contribution in [1.82, 2.24) is 0 Å². The number of hydrogen-bond donors (Lipinski definition) is 0. The van der Waals surface area contributed by atoms with Gasteiger partial charge in [-0.2, -0.15) is 0 Å². The molecule has 120 valence electrons. The lowest BCUT2D eigenvalue weighted by Crippen LogP contribution is -2.37. The molecule has 2 saturated carbocycles. The second-order valence-corrected chi connectivity index (χ2v) is 7.11. The third-order valence-corrected chi connectivity index (χ3v) is 5.78. The van der Waals surface area contributed by atoms with Gasteiger partial charge in [-0.15, -0.1) is 0 Å². The Kier molecular flexibility index (Phi) is 4.07. The van der Waals surface area contributed by atoms with Crippen molar-refractivity contribution in [2.24, 2.45) is 11.8 Å². The van der Waals surface area contributed by atoms with E-state index in [0.29, 0.717) is 11.5 Å². The van der Waals surface area contributed by atoms with Gasteiger partial charge in [0.15, 0.2) is 0 Å². The zero-order valence-corrected chi connectivity index (χ0v) is 13.5. The summed E-state index contributed by atoms with van der Waals surface area (Å²) in [5.41, 5.74) is 0.709. The van der Waals surface area contributed by atoms with Crippen LogP contribution in [0.2, 0.25) is 0 Å². The van der Waals surface area contributed by atoms with Crippen molar-refractivity contribution in [2.75, 3.05) is 0 Å². The van der Waals surface area contributed by atoms with Crippen LogP contribution in [0.1, 0.15) is 55.3 Å². The molecule has 2 heteroatoms. The Morgan fingerprint density at radius 2 is 1.65 bits per heavy atom. The maximum absolute atomic E-state index is 12.8. The molecule has 23 heavy (non-hydrogen) atoms. The molecule has 0 heterocycles. The summed E-state index contributed by atoms with van der Waals surface area (Å²) < 4.78 is 6.02. The summed E-state index contributed by atoms with van der Waals surface area (Å²) >= 11 is 0. The fourth-order valence-electron chi connectivity index (χ4n) is 4.63. The molecule has 2 aromatic carbocycles. The van der Waals surface area contributed by atoms with Gasteiger partial charge in [0.1, 0.15) is 6.10 Å². The van der Waals surface area contributed by atoms with Crippen LogP contribution in [0, 0.1) is 11.8 Å². The van der Waals surface area contributed by atoms with Crippen LogP contribution in [0.15, 0.2) is 42.5 Å². The Balaban J connectivity index is 1.57. The maximum Gasteiger partial charge on any atom is 0.339 e. The van der Waals surface area contributed by atoms with E-state index >= 15 is 0 Å². The van der Waals surface area contributed by atoms with E-state index in [9.17, 15) is 4.79 Å². The number of benzene rings is 2. The molecule has 0 aliphatic heterocycles. The molecule has 2 fully saturated rings. The predicted molar refractivity (Wildman–Crippen MR) is 92.5 cm³/mol. The summed E-state index contributed by atoms with van der Waals surface area (Å²) in [7, 11) is 0. The second-order valence-electron chi connectivity index (χ2n) is 7.11. The molecule has 3 atom stereocenters. The zero-order valence-electron chi connectivity index (χ0n) is 13.5. The summed E-state index contributed by atoms with van der Waals surface area (Å²) in [6.45, 7) is 0. The molecule has 2 aromatic rings. The van der Waals surface area contributed by atoms with E-state index in [2.05, 4.69) is 0 Å². The molecule has 2 aliphatic carbocycles. The Morgan fingerprint density at radius 1 is 0.870 bits per heavy atom. The van der Waals surface area contributed by atoms with Crippen LogP contribution in [-0.2, 0) is 4.74 Å². The summed E-state index contributed by atoms with van der Waals surface area (Å²) in [5.74, 6) is 1.23. The molecule has 3 unspecified atom stereocenters. The summed E-state index contributed by atoms with van der Waals surface area (Å²) in [6.07, 6.45) is 8.90. The van der Waals surface area contributed by atoms with Crippen molar-refractivity contribution in [3.8, 4) is 0 Å². The molecule has 4 rings (SSSR count). The van der Waals surface area contributed by atoms with Crippen LogP contribution in [0.5, 0.6) is 0 Å². The summed E-state index contributed by atoms with van der Waals surface area (Å²) in [4.78, 5) is 12.8. The third-order valence-electron chi connectivity index (χ3n) is 5.78. The van der Waals surface area contributed by atoms with Gasteiger partial charge >= 0.3 is 5.97 Å². The van der Waals surface area contributed by atoms with E-state index in [1.165, 1.54) is 38.5 Å². The lowest BCUT2D eigenvalue weighted by Gasteiger charge is -2.40. The van der Waals surface area contributed by atoms with Gasteiger partial charge in [-0.05, 0) is 54.4 Å². The number of hydrogen-bond acceptors (Lipinski definition) is 2. The van der Waals surface area contributed by atoms with Crippen molar-refractivity contribution >= 4 is 16.7 Å². The Hall–Kier alpha value is -1.83. The first-order valence-corrected chi connectivity index (χ1v) is 9.01. The largest absolute Gasteiger partial charge is 0.458 e. The highest BCUT2D eigenvalue weighted by Gasteiger charge is 2.37.